The molecule has 0 unspecified atom stereocenters. The topological polar surface area (TPSA) is 70.3 Å². The molecule has 0 saturated carbocycles. The molecule has 0 bridgehead atoms. The van der Waals surface area contributed by atoms with Crippen LogP contribution < -0.4 is 10.1 Å². The van der Waals surface area contributed by atoms with Crippen LogP contribution in [0.15, 0.2) is 47.7 Å². The molecule has 0 radical (unpaired) electrons. The minimum Gasteiger partial charge on any atom is -0.486 e. The molecule has 1 N–H and O–H groups in total. The van der Waals surface area contributed by atoms with Gasteiger partial charge in [-0.3, -0.25) is 10.3 Å². The Morgan fingerprint density at radius 1 is 1.41 bits per heavy atom. The number of rotatable bonds is 4. The van der Waals surface area contributed by atoms with E-state index in [9.17, 15) is 4.39 Å². The third-order valence-electron chi connectivity index (χ3n) is 2.65. The fourth-order valence-electron chi connectivity index (χ4n) is 1.61. The lowest BCUT2D eigenvalue weighted by molar-refractivity contribution is 0.290. The van der Waals surface area contributed by atoms with Gasteiger partial charge in [-0.05, 0) is 36.1 Å². The lowest BCUT2D eigenvalue weighted by Gasteiger charge is -2.08. The maximum Gasteiger partial charge on any atom is 0.183 e. The van der Waals surface area contributed by atoms with Crippen molar-refractivity contribution in [2.45, 2.75) is 6.61 Å². The van der Waals surface area contributed by atoms with E-state index in [1.807, 2.05) is 0 Å². The summed E-state index contributed by atoms with van der Waals surface area (Å²) in [5.41, 5.74) is 1.31. The molecule has 0 fully saturated rings. The van der Waals surface area contributed by atoms with Crippen LogP contribution in [-0.2, 0) is 6.61 Å². The smallest absolute Gasteiger partial charge is 0.183 e. The molecule has 0 saturated heterocycles. The molecule has 22 heavy (non-hydrogen) atoms. The fourth-order valence-corrected chi connectivity index (χ4v) is 1.95. The summed E-state index contributed by atoms with van der Waals surface area (Å²) >= 11 is 1.26. The number of halogens is 1. The second-order valence-corrected chi connectivity index (χ2v) is 4.91. The van der Waals surface area contributed by atoms with Crippen molar-refractivity contribution >= 4 is 22.6 Å². The Labute approximate surface area is 131 Å². The van der Waals surface area contributed by atoms with Gasteiger partial charge in [-0.25, -0.2) is 9.38 Å². The fraction of sp³-hybridized carbons (Fsp3) is 0.133. The predicted molar refractivity (Wildman–Crippen MR) is 84.3 cm³/mol. The largest absolute Gasteiger partial charge is 0.486 e. The minimum absolute atomic E-state index is 0.148. The SMILES string of the molecule is CSC(=Nc1ccc(OCc2ccncc2)c(F)c1)NC#N. The first-order valence-electron chi connectivity index (χ1n) is 6.32. The number of benzene rings is 1. The number of aromatic nitrogens is 1. The summed E-state index contributed by atoms with van der Waals surface area (Å²) in [5.74, 6) is -0.359. The van der Waals surface area contributed by atoms with E-state index in [0.29, 0.717) is 10.9 Å². The van der Waals surface area contributed by atoms with Gasteiger partial charge in [0.05, 0.1) is 5.69 Å². The Bertz CT molecular complexity index is 700. The van der Waals surface area contributed by atoms with Crippen LogP contribution in [-0.4, -0.2) is 16.4 Å². The number of hydrogen-bond acceptors (Lipinski definition) is 5. The van der Waals surface area contributed by atoms with E-state index in [1.165, 1.54) is 23.9 Å². The van der Waals surface area contributed by atoms with Crippen molar-refractivity contribution in [2.24, 2.45) is 4.99 Å². The van der Waals surface area contributed by atoms with Gasteiger partial charge >= 0.3 is 0 Å². The van der Waals surface area contributed by atoms with Crippen LogP contribution in [0.1, 0.15) is 5.56 Å². The van der Waals surface area contributed by atoms with Crippen molar-refractivity contribution < 1.29 is 9.13 Å². The van der Waals surface area contributed by atoms with Crippen molar-refractivity contribution in [3.63, 3.8) is 0 Å². The molecule has 0 aliphatic rings. The zero-order chi connectivity index (χ0) is 15.8. The van der Waals surface area contributed by atoms with Gasteiger partial charge in [0.1, 0.15) is 6.61 Å². The Hall–Kier alpha value is -2.59. The average Bonchev–Trinajstić information content (AvgIpc) is 2.54. The lowest BCUT2D eigenvalue weighted by Crippen LogP contribution is -2.12. The molecular weight excluding hydrogens is 303 g/mol. The number of nitrogens with one attached hydrogen (secondary N) is 1. The third-order valence-corrected chi connectivity index (χ3v) is 3.23. The van der Waals surface area contributed by atoms with E-state index < -0.39 is 5.82 Å². The second-order valence-electron chi connectivity index (χ2n) is 4.12. The van der Waals surface area contributed by atoms with Gasteiger partial charge in [-0.1, -0.05) is 11.8 Å². The Balaban J connectivity index is 2.08. The third kappa shape index (κ3) is 4.46. The summed E-state index contributed by atoms with van der Waals surface area (Å²) in [6.07, 6.45) is 6.85. The van der Waals surface area contributed by atoms with Crippen LogP contribution in [0.3, 0.4) is 0 Å². The van der Waals surface area contributed by atoms with E-state index in [0.717, 1.165) is 5.56 Å². The maximum atomic E-state index is 14.0. The number of nitriles is 1. The van der Waals surface area contributed by atoms with Crippen LogP contribution in [0, 0.1) is 17.3 Å². The summed E-state index contributed by atoms with van der Waals surface area (Å²) < 4.78 is 19.4. The second kappa shape index (κ2) is 8.00. The quantitative estimate of drug-likeness (QED) is 0.406. The highest BCUT2D eigenvalue weighted by Crippen LogP contribution is 2.24. The predicted octanol–water partition coefficient (Wildman–Crippen LogP) is 3.22. The zero-order valence-corrected chi connectivity index (χ0v) is 12.6. The van der Waals surface area contributed by atoms with Crippen molar-refractivity contribution in [2.75, 3.05) is 6.26 Å². The van der Waals surface area contributed by atoms with Gasteiger partial charge in [0.25, 0.3) is 0 Å². The standard InChI is InChI=1S/C15H13FN4OS/c1-22-15(19-10-17)20-12-2-3-14(13(16)8-12)21-9-11-4-6-18-7-5-11/h2-8H,9H2,1H3,(H,19,20). The molecular formula is C15H13FN4OS. The molecule has 0 atom stereocenters. The molecule has 112 valence electrons. The van der Waals surface area contributed by atoms with Gasteiger partial charge in [-0.15, -0.1) is 0 Å². The molecule has 0 aliphatic heterocycles. The number of amidine groups is 1. The van der Waals surface area contributed by atoms with Gasteiger partial charge < -0.3 is 4.74 Å². The highest BCUT2D eigenvalue weighted by atomic mass is 32.2. The Morgan fingerprint density at radius 3 is 2.82 bits per heavy atom. The van der Waals surface area contributed by atoms with Crippen LogP contribution in [0.25, 0.3) is 0 Å². The molecule has 7 heteroatoms. The van der Waals surface area contributed by atoms with Crippen LogP contribution in [0.2, 0.25) is 0 Å². The number of hydrogen-bond donors (Lipinski definition) is 1. The van der Waals surface area contributed by atoms with Crippen LogP contribution >= 0.6 is 11.8 Å². The lowest BCUT2D eigenvalue weighted by atomic mass is 10.3. The van der Waals surface area contributed by atoms with E-state index in [-0.39, 0.29) is 12.4 Å². The molecule has 0 spiro atoms. The molecule has 2 aromatic rings. The first-order chi connectivity index (χ1) is 10.7. The highest BCUT2D eigenvalue weighted by molar-refractivity contribution is 8.13. The number of aliphatic imine (C=N–C) groups is 1. The Morgan fingerprint density at radius 2 is 2.18 bits per heavy atom. The highest BCUT2D eigenvalue weighted by Gasteiger charge is 2.06. The number of ether oxygens (including phenoxy) is 1. The van der Waals surface area contributed by atoms with Gasteiger partial charge in [0.2, 0.25) is 0 Å². The van der Waals surface area contributed by atoms with Gasteiger partial charge in [0, 0.05) is 18.5 Å². The summed E-state index contributed by atoms with van der Waals surface area (Å²) in [6, 6.07) is 8.00. The van der Waals surface area contributed by atoms with E-state index in [4.69, 9.17) is 10.00 Å². The van der Waals surface area contributed by atoms with Crippen molar-refractivity contribution in [3.8, 4) is 11.9 Å². The van der Waals surface area contributed by atoms with Gasteiger partial charge in [-0.2, -0.15) is 5.26 Å². The van der Waals surface area contributed by atoms with E-state index in [1.54, 1.807) is 43.0 Å². The van der Waals surface area contributed by atoms with Gasteiger partial charge in [0.15, 0.2) is 22.9 Å². The molecule has 2 rings (SSSR count). The van der Waals surface area contributed by atoms with Crippen molar-refractivity contribution in [1.29, 1.82) is 5.26 Å². The molecule has 0 amide bonds. The van der Waals surface area contributed by atoms with Crippen LogP contribution in [0.5, 0.6) is 5.75 Å². The van der Waals surface area contributed by atoms with E-state index in [2.05, 4.69) is 15.3 Å². The molecule has 1 heterocycles. The molecule has 0 aliphatic carbocycles. The minimum atomic E-state index is -0.507. The molecule has 1 aromatic heterocycles. The normalized spacial score (nSPS) is 10.9. The summed E-state index contributed by atoms with van der Waals surface area (Å²) in [4.78, 5) is 8.03. The number of nitrogens with zero attached hydrogens (tertiary/aromatic N) is 3. The Kier molecular flexibility index (Phi) is 5.74. The van der Waals surface area contributed by atoms with E-state index >= 15 is 0 Å². The average molecular weight is 316 g/mol. The van der Waals surface area contributed by atoms with Crippen molar-refractivity contribution in [1.82, 2.24) is 10.3 Å². The molecule has 1 aromatic carbocycles. The first kappa shape index (κ1) is 15.8. The van der Waals surface area contributed by atoms with Crippen LogP contribution in [0.4, 0.5) is 10.1 Å². The zero-order valence-electron chi connectivity index (χ0n) is 11.8. The summed E-state index contributed by atoms with van der Waals surface area (Å²) in [7, 11) is 0. The number of pyridine rings is 1. The monoisotopic (exact) mass is 316 g/mol. The number of thioether (sulfide) groups is 1. The molecule has 5 nitrogen and oxygen atoms in total. The maximum absolute atomic E-state index is 14.0. The first-order valence-corrected chi connectivity index (χ1v) is 7.54. The summed E-state index contributed by atoms with van der Waals surface area (Å²) in [5, 5.41) is 11.4. The van der Waals surface area contributed by atoms with Crippen molar-refractivity contribution in [3.05, 3.63) is 54.1 Å². The summed E-state index contributed by atoms with van der Waals surface area (Å²) in [6.45, 7) is 0.258.